The number of anilines is 2. The standard InChI is InChI=1S/C23H19N3O2/c1-15-10-11-20(12-16(15)2)25-22(27)17-7-5-8-18(13-17)23(28)26-21-9-4-3-6-19(21)14-24/h3-13H,1-2H3,(H,25,27)(H,26,28). The Balaban J connectivity index is 1.77. The lowest BCUT2D eigenvalue weighted by molar-refractivity contribution is 0.102. The van der Waals surface area contributed by atoms with Crippen molar-refractivity contribution in [3.8, 4) is 6.07 Å². The molecule has 0 radical (unpaired) electrons. The molecule has 0 heterocycles. The minimum atomic E-state index is -0.386. The minimum absolute atomic E-state index is 0.296. The van der Waals surface area contributed by atoms with Gasteiger partial charge in [-0.25, -0.2) is 0 Å². The molecule has 0 aliphatic rings. The largest absolute Gasteiger partial charge is 0.322 e. The summed E-state index contributed by atoms with van der Waals surface area (Å²) in [4.78, 5) is 25.1. The van der Waals surface area contributed by atoms with Crippen molar-refractivity contribution in [3.05, 3.63) is 94.5 Å². The van der Waals surface area contributed by atoms with Gasteiger partial charge in [0, 0.05) is 16.8 Å². The van der Waals surface area contributed by atoms with E-state index in [1.807, 2.05) is 38.1 Å². The van der Waals surface area contributed by atoms with E-state index in [0.717, 1.165) is 11.1 Å². The van der Waals surface area contributed by atoms with Crippen LogP contribution in [0.5, 0.6) is 0 Å². The zero-order chi connectivity index (χ0) is 20.1. The highest BCUT2D eigenvalue weighted by atomic mass is 16.2. The Kier molecular flexibility index (Phi) is 5.52. The van der Waals surface area contributed by atoms with Crippen molar-refractivity contribution in [2.75, 3.05) is 10.6 Å². The number of amides is 2. The van der Waals surface area contributed by atoms with Crippen LogP contribution < -0.4 is 10.6 Å². The van der Waals surface area contributed by atoms with Gasteiger partial charge in [-0.3, -0.25) is 9.59 Å². The molecule has 0 unspecified atom stereocenters. The molecule has 0 bridgehead atoms. The summed E-state index contributed by atoms with van der Waals surface area (Å²) in [6.45, 7) is 3.99. The zero-order valence-corrected chi connectivity index (χ0v) is 15.6. The summed E-state index contributed by atoms with van der Waals surface area (Å²) >= 11 is 0. The van der Waals surface area contributed by atoms with Crippen molar-refractivity contribution in [2.24, 2.45) is 0 Å². The number of carbonyl (C=O) groups is 2. The molecular formula is C23H19N3O2. The van der Waals surface area contributed by atoms with Crippen molar-refractivity contribution in [3.63, 3.8) is 0 Å². The van der Waals surface area contributed by atoms with Gasteiger partial charge in [0.05, 0.1) is 11.3 Å². The second-order valence-electron chi connectivity index (χ2n) is 6.45. The fraction of sp³-hybridized carbons (Fsp3) is 0.0870. The molecule has 0 saturated heterocycles. The molecule has 0 spiro atoms. The average Bonchev–Trinajstić information content (AvgIpc) is 2.71. The van der Waals surface area contributed by atoms with E-state index in [4.69, 9.17) is 5.26 Å². The number of rotatable bonds is 4. The fourth-order valence-electron chi connectivity index (χ4n) is 2.71. The van der Waals surface area contributed by atoms with E-state index >= 15 is 0 Å². The van der Waals surface area contributed by atoms with Crippen molar-refractivity contribution >= 4 is 23.2 Å². The number of aryl methyl sites for hydroxylation is 2. The summed E-state index contributed by atoms with van der Waals surface area (Å²) in [6.07, 6.45) is 0. The van der Waals surface area contributed by atoms with E-state index in [9.17, 15) is 9.59 Å². The lowest BCUT2D eigenvalue weighted by Gasteiger charge is -2.10. The lowest BCUT2D eigenvalue weighted by Crippen LogP contribution is -2.16. The molecule has 2 N–H and O–H groups in total. The predicted molar refractivity (Wildman–Crippen MR) is 109 cm³/mol. The number of para-hydroxylation sites is 1. The monoisotopic (exact) mass is 369 g/mol. The fourth-order valence-corrected chi connectivity index (χ4v) is 2.71. The Labute approximate surface area is 163 Å². The number of nitrogens with one attached hydrogen (secondary N) is 2. The zero-order valence-electron chi connectivity index (χ0n) is 15.6. The molecule has 0 aliphatic heterocycles. The van der Waals surface area contributed by atoms with Gasteiger partial charge in [0.15, 0.2) is 0 Å². The van der Waals surface area contributed by atoms with Gasteiger partial charge in [-0.15, -0.1) is 0 Å². The number of hydrogen-bond acceptors (Lipinski definition) is 3. The first-order chi connectivity index (χ1) is 13.5. The summed E-state index contributed by atoms with van der Waals surface area (Å²) in [5, 5.41) is 14.7. The van der Waals surface area contributed by atoms with E-state index in [2.05, 4.69) is 10.6 Å². The molecule has 5 heteroatoms. The maximum absolute atomic E-state index is 12.6. The highest BCUT2D eigenvalue weighted by Crippen LogP contribution is 2.17. The Morgan fingerprint density at radius 3 is 2.14 bits per heavy atom. The molecule has 138 valence electrons. The highest BCUT2D eigenvalue weighted by Gasteiger charge is 2.12. The van der Waals surface area contributed by atoms with Gasteiger partial charge in [-0.1, -0.05) is 24.3 Å². The van der Waals surface area contributed by atoms with Gasteiger partial charge in [0.25, 0.3) is 11.8 Å². The molecule has 28 heavy (non-hydrogen) atoms. The van der Waals surface area contributed by atoms with Crippen molar-refractivity contribution in [2.45, 2.75) is 13.8 Å². The Morgan fingerprint density at radius 1 is 0.786 bits per heavy atom. The average molecular weight is 369 g/mol. The maximum atomic E-state index is 12.6. The van der Waals surface area contributed by atoms with Crippen LogP contribution in [0.15, 0.2) is 66.7 Å². The van der Waals surface area contributed by atoms with E-state index in [1.165, 1.54) is 6.07 Å². The Hall–Kier alpha value is -3.91. The summed E-state index contributed by atoms with van der Waals surface area (Å²) in [5.41, 5.74) is 4.45. The van der Waals surface area contributed by atoms with Gasteiger partial charge in [0.2, 0.25) is 0 Å². The molecule has 2 amide bonds. The van der Waals surface area contributed by atoms with Crippen LogP contribution in [-0.4, -0.2) is 11.8 Å². The topological polar surface area (TPSA) is 82.0 Å². The first-order valence-electron chi connectivity index (χ1n) is 8.77. The SMILES string of the molecule is Cc1ccc(NC(=O)c2cccc(C(=O)Nc3ccccc3C#N)c2)cc1C. The van der Waals surface area contributed by atoms with Crippen molar-refractivity contribution in [1.29, 1.82) is 5.26 Å². The second-order valence-corrected chi connectivity index (χ2v) is 6.45. The molecule has 3 rings (SSSR count). The third-order valence-corrected chi connectivity index (χ3v) is 4.45. The van der Waals surface area contributed by atoms with Crippen LogP contribution in [0.3, 0.4) is 0 Å². The minimum Gasteiger partial charge on any atom is -0.322 e. The van der Waals surface area contributed by atoms with Crippen LogP contribution in [0.2, 0.25) is 0 Å². The highest BCUT2D eigenvalue weighted by molar-refractivity contribution is 6.09. The normalized spacial score (nSPS) is 10.0. The first-order valence-corrected chi connectivity index (χ1v) is 8.77. The van der Waals surface area contributed by atoms with Gasteiger partial charge < -0.3 is 10.6 Å². The summed E-state index contributed by atoms with van der Waals surface area (Å²) in [6, 6.07) is 20.9. The molecule has 0 aromatic heterocycles. The number of hydrogen-bond donors (Lipinski definition) is 2. The van der Waals surface area contributed by atoms with Crippen molar-refractivity contribution < 1.29 is 9.59 Å². The van der Waals surface area contributed by atoms with Crippen LogP contribution in [0.1, 0.15) is 37.4 Å². The Morgan fingerprint density at radius 2 is 1.46 bits per heavy atom. The van der Waals surface area contributed by atoms with E-state index < -0.39 is 0 Å². The first kappa shape index (κ1) is 18.9. The number of nitriles is 1. The smallest absolute Gasteiger partial charge is 0.255 e. The van der Waals surface area contributed by atoms with Crippen LogP contribution >= 0.6 is 0 Å². The van der Waals surface area contributed by atoms with Gasteiger partial charge in [-0.2, -0.15) is 5.26 Å². The maximum Gasteiger partial charge on any atom is 0.255 e. The quantitative estimate of drug-likeness (QED) is 0.700. The van der Waals surface area contributed by atoms with Gasteiger partial charge in [-0.05, 0) is 67.4 Å². The lowest BCUT2D eigenvalue weighted by atomic mass is 10.1. The number of carbonyl (C=O) groups excluding carboxylic acids is 2. The van der Waals surface area contributed by atoms with Gasteiger partial charge >= 0.3 is 0 Å². The molecule has 3 aromatic carbocycles. The Bertz CT molecular complexity index is 1100. The second kappa shape index (κ2) is 8.19. The number of nitrogens with zero attached hydrogens (tertiary/aromatic N) is 1. The van der Waals surface area contributed by atoms with Crippen LogP contribution in [0.25, 0.3) is 0 Å². The molecule has 0 fully saturated rings. The van der Waals surface area contributed by atoms with Crippen LogP contribution in [0, 0.1) is 25.2 Å². The van der Waals surface area contributed by atoms with Crippen LogP contribution in [0.4, 0.5) is 11.4 Å². The molecule has 5 nitrogen and oxygen atoms in total. The van der Waals surface area contributed by atoms with E-state index in [1.54, 1.807) is 42.5 Å². The molecular weight excluding hydrogens is 350 g/mol. The summed E-state index contributed by atoms with van der Waals surface area (Å²) in [5.74, 6) is -0.682. The van der Waals surface area contributed by atoms with E-state index in [-0.39, 0.29) is 11.8 Å². The molecule has 0 atom stereocenters. The third-order valence-electron chi connectivity index (χ3n) is 4.45. The molecule has 3 aromatic rings. The summed E-state index contributed by atoms with van der Waals surface area (Å²) in [7, 11) is 0. The molecule has 0 saturated carbocycles. The van der Waals surface area contributed by atoms with Crippen LogP contribution in [-0.2, 0) is 0 Å². The summed E-state index contributed by atoms with van der Waals surface area (Å²) < 4.78 is 0. The van der Waals surface area contributed by atoms with E-state index in [0.29, 0.717) is 28.1 Å². The molecule has 0 aliphatic carbocycles. The number of benzene rings is 3. The van der Waals surface area contributed by atoms with Crippen molar-refractivity contribution in [1.82, 2.24) is 0 Å². The van der Waals surface area contributed by atoms with Gasteiger partial charge in [0.1, 0.15) is 6.07 Å². The third kappa shape index (κ3) is 4.25. The predicted octanol–water partition coefficient (Wildman–Crippen LogP) is 4.68.